The molecule has 0 bridgehead atoms. The van der Waals surface area contributed by atoms with E-state index in [9.17, 15) is 9.59 Å². The summed E-state index contributed by atoms with van der Waals surface area (Å²) in [6.45, 7) is 55.0. The smallest absolute Gasteiger partial charge is 0.194 e. The third kappa shape index (κ3) is 15.5. The van der Waals surface area contributed by atoms with Gasteiger partial charge in [0.05, 0.1) is 66.2 Å². The van der Waals surface area contributed by atoms with Gasteiger partial charge in [-0.2, -0.15) is 0 Å². The van der Waals surface area contributed by atoms with E-state index < -0.39 is 0 Å². The molecule has 0 saturated carbocycles. The van der Waals surface area contributed by atoms with Gasteiger partial charge in [-0.05, 0) is 282 Å². The lowest BCUT2D eigenvalue weighted by Crippen LogP contribution is -2.10. The van der Waals surface area contributed by atoms with Gasteiger partial charge in [-0.3, -0.25) is 18.7 Å². The summed E-state index contributed by atoms with van der Waals surface area (Å²) in [5.41, 5.74) is 31.0. The van der Waals surface area contributed by atoms with Crippen molar-refractivity contribution >= 4 is 142 Å². The molecule has 0 amide bonds. The Hall–Kier alpha value is -14.5. The van der Waals surface area contributed by atoms with Crippen molar-refractivity contribution in [2.75, 3.05) is 0 Å². The van der Waals surface area contributed by atoms with Gasteiger partial charge in [-0.25, -0.2) is 9.97 Å². The molecular weight excluding hydrogens is 1680 g/mol. The van der Waals surface area contributed by atoms with Gasteiger partial charge in [0.15, 0.2) is 11.6 Å². The van der Waals surface area contributed by atoms with Crippen LogP contribution in [-0.2, 0) is 43.3 Å². The maximum Gasteiger partial charge on any atom is 0.194 e. The molecule has 22 aromatic rings. The molecule has 22 rings (SSSR count). The molecule has 0 spiro atoms. The number of ketones is 2. The molecule has 138 heavy (non-hydrogen) atoms. The highest BCUT2D eigenvalue weighted by Crippen LogP contribution is 2.48. The van der Waals surface area contributed by atoms with Crippen LogP contribution in [0.2, 0.25) is 0 Å². The van der Waals surface area contributed by atoms with Crippen molar-refractivity contribution < 1.29 is 9.59 Å². The zero-order chi connectivity index (χ0) is 97.1. The molecule has 8 aromatic heterocycles. The first kappa shape index (κ1) is 90.0. The number of hydrogen-bond acceptors (Lipinski definition) is 4. The minimum Gasteiger partial charge on any atom is -0.309 e. The lowest BCUT2D eigenvalue weighted by atomic mass is 9.85. The number of carbonyl (C=O) groups is 2. The molecule has 0 N–H and O–H groups in total. The molecule has 10 nitrogen and oxygen atoms in total. The Morgan fingerprint density at radius 1 is 0.174 bits per heavy atom. The number of fused-ring (bicyclic) bond motifs is 18. The summed E-state index contributed by atoms with van der Waals surface area (Å²) in [6.07, 6.45) is 3.44. The van der Waals surface area contributed by atoms with E-state index in [1.807, 2.05) is 84.9 Å². The van der Waals surface area contributed by atoms with E-state index in [0.717, 1.165) is 78.0 Å². The molecular formula is C128H124N8O2. The summed E-state index contributed by atoms with van der Waals surface area (Å²) in [7, 11) is 0. The molecule has 0 unspecified atom stereocenters. The molecule has 10 heteroatoms. The Morgan fingerprint density at radius 2 is 0.341 bits per heavy atom. The second kappa shape index (κ2) is 32.1. The number of rotatable bonds is 10. The molecule has 688 valence electrons. The molecule has 0 aliphatic rings. The van der Waals surface area contributed by atoms with Crippen molar-refractivity contribution in [3.8, 4) is 34.4 Å². The summed E-state index contributed by atoms with van der Waals surface area (Å²) in [6, 6.07) is 110. The highest BCUT2D eigenvalue weighted by Gasteiger charge is 2.31. The third-order valence-corrected chi connectivity index (χ3v) is 29.0. The molecule has 0 aliphatic carbocycles. The first-order valence-corrected chi connectivity index (χ1v) is 49.0. The van der Waals surface area contributed by atoms with E-state index >= 15 is 0 Å². The summed E-state index contributed by atoms with van der Waals surface area (Å²) >= 11 is 0. The maximum atomic E-state index is 13.6. The minimum atomic E-state index is -0.0445. The lowest BCUT2D eigenvalue weighted by Gasteiger charge is -2.19. The fourth-order valence-electron chi connectivity index (χ4n) is 20.8. The average Bonchev–Trinajstić information content (AvgIpc) is 1.54. The lowest BCUT2D eigenvalue weighted by molar-refractivity contribution is 0.103. The van der Waals surface area contributed by atoms with Gasteiger partial charge in [0.2, 0.25) is 0 Å². The summed E-state index contributed by atoms with van der Waals surface area (Å²) < 4.78 is 14.3. The largest absolute Gasteiger partial charge is 0.309 e. The maximum absolute atomic E-state index is 13.6. The Morgan fingerprint density at radius 3 is 0.507 bits per heavy atom. The summed E-state index contributed by atoms with van der Waals surface area (Å²) in [5.74, 6) is 1.42. The van der Waals surface area contributed by atoms with Gasteiger partial charge >= 0.3 is 0 Å². The van der Waals surface area contributed by atoms with Crippen LogP contribution in [0.3, 0.4) is 0 Å². The van der Waals surface area contributed by atoms with Gasteiger partial charge in [0.1, 0.15) is 11.6 Å². The number of carbonyl (C=O) groups excluding carboxylic acids is 2. The van der Waals surface area contributed by atoms with Crippen LogP contribution in [0.4, 0.5) is 0 Å². The zero-order valence-corrected chi connectivity index (χ0v) is 84.4. The minimum absolute atomic E-state index is 0.00387. The highest BCUT2D eigenvalue weighted by molar-refractivity contribution is 6.18. The van der Waals surface area contributed by atoms with Crippen LogP contribution in [0.1, 0.15) is 243 Å². The van der Waals surface area contributed by atoms with Crippen LogP contribution in [-0.4, -0.2) is 48.9 Å². The Bertz CT molecular complexity index is 7550. The van der Waals surface area contributed by atoms with Gasteiger partial charge in [-0.1, -0.05) is 275 Å². The van der Waals surface area contributed by atoms with Crippen LogP contribution in [0.25, 0.3) is 165 Å². The normalized spacial score (nSPS) is 13.0. The fourth-order valence-corrected chi connectivity index (χ4v) is 20.8. The highest BCUT2D eigenvalue weighted by atomic mass is 16.1. The van der Waals surface area contributed by atoms with Crippen molar-refractivity contribution in [1.29, 1.82) is 0 Å². The SMILES string of the molecule is CC(C)(C)c1ccc2c(c1)c1cc(C(C)(C)C)ccc1n2-c1ccc2c(c1)c1cc(-n3c4ccc(C(C)(C)C)cc4c4cc(C(C)(C)C)ccc43)ccc1n2-c1ccc(C(=O)c2ccccc2)cn1.CC(C)(C)c1ccc2c(c1)c1cc(C(C)(C)C)ccc1n2-c1ccc2c(c1)c1cc(-n3c4ccc(C(C)(C)C)cc4c4cc(C(C)(C)C)ccc43)ccc1n2-c1ccc(C(=O)c2ccccc2)cn1. The van der Waals surface area contributed by atoms with Crippen LogP contribution < -0.4 is 0 Å². The number of aromatic nitrogens is 8. The Kier molecular flexibility index (Phi) is 20.9. The number of benzene rings is 14. The zero-order valence-electron chi connectivity index (χ0n) is 84.4. The van der Waals surface area contributed by atoms with Crippen LogP contribution in [0.5, 0.6) is 0 Å². The standard InChI is InChI=1S/2C64H62N4O/c2*1-61(2,3)41-19-25-53-47(32-41)48-33-42(62(4,5)6)20-26-54(48)66(53)45-23-29-57-51(36-45)52-37-46(24-30-58(52)68(57)59-31-18-40(38-65-59)60(69)39-16-14-13-15-17-39)67-55-27-21-43(63(7,8)9)34-49(55)50-35-44(64(10,11)12)22-28-56(50)67/h2*13-38H,1-12H3. The Labute approximate surface area is 810 Å². The molecule has 0 saturated heterocycles. The van der Waals surface area contributed by atoms with Crippen LogP contribution >= 0.6 is 0 Å². The van der Waals surface area contributed by atoms with Gasteiger partial charge in [-0.15, -0.1) is 0 Å². The molecule has 0 radical (unpaired) electrons. The summed E-state index contributed by atoms with van der Waals surface area (Å²) in [5, 5.41) is 14.6. The molecule has 14 aromatic carbocycles. The van der Waals surface area contributed by atoms with Crippen LogP contribution in [0.15, 0.2) is 316 Å². The van der Waals surface area contributed by atoms with E-state index in [2.05, 4.69) is 412 Å². The molecule has 0 fully saturated rings. The molecule has 0 aliphatic heterocycles. The van der Waals surface area contributed by atoms with Crippen molar-refractivity contribution in [3.63, 3.8) is 0 Å². The van der Waals surface area contributed by atoms with Crippen molar-refractivity contribution in [2.24, 2.45) is 0 Å². The van der Waals surface area contributed by atoms with Crippen molar-refractivity contribution in [3.05, 3.63) is 382 Å². The summed E-state index contributed by atoms with van der Waals surface area (Å²) in [4.78, 5) is 37.2. The molecule has 0 atom stereocenters. The quantitative estimate of drug-likeness (QED) is 0.128. The first-order valence-electron chi connectivity index (χ1n) is 49.0. The van der Waals surface area contributed by atoms with E-state index in [1.54, 1.807) is 12.4 Å². The average molecular weight is 1810 g/mol. The fraction of sp³-hybridized carbons (Fsp3) is 0.250. The van der Waals surface area contributed by atoms with Gasteiger partial charge in [0, 0.05) is 122 Å². The van der Waals surface area contributed by atoms with E-state index in [4.69, 9.17) is 9.97 Å². The number of pyridine rings is 2. The van der Waals surface area contributed by atoms with E-state index in [0.29, 0.717) is 22.3 Å². The van der Waals surface area contributed by atoms with Crippen molar-refractivity contribution in [2.45, 2.75) is 209 Å². The second-order valence-corrected chi connectivity index (χ2v) is 46.9. The predicted molar refractivity (Wildman–Crippen MR) is 584 cm³/mol. The first-order chi connectivity index (χ1) is 65.3. The molecule has 8 heterocycles. The Balaban J connectivity index is 0.000000164. The van der Waals surface area contributed by atoms with Crippen LogP contribution in [0, 0.1) is 0 Å². The van der Waals surface area contributed by atoms with E-state index in [1.165, 1.54) is 132 Å². The van der Waals surface area contributed by atoms with Gasteiger partial charge < -0.3 is 18.3 Å². The monoisotopic (exact) mass is 1800 g/mol. The number of hydrogen-bond donors (Lipinski definition) is 0. The predicted octanol–water partition coefficient (Wildman–Crippen LogP) is 33.6. The number of nitrogens with zero attached hydrogens (tertiary/aromatic N) is 8. The third-order valence-electron chi connectivity index (χ3n) is 29.0. The topological polar surface area (TPSA) is 89.5 Å². The second-order valence-electron chi connectivity index (χ2n) is 46.9. The van der Waals surface area contributed by atoms with E-state index in [-0.39, 0.29) is 54.9 Å². The van der Waals surface area contributed by atoms with Crippen molar-refractivity contribution in [1.82, 2.24) is 37.4 Å². The van der Waals surface area contributed by atoms with Gasteiger partial charge in [0.25, 0.3) is 0 Å².